The summed E-state index contributed by atoms with van der Waals surface area (Å²) in [5, 5.41) is 0. The van der Waals surface area contributed by atoms with Gasteiger partial charge in [0, 0.05) is 25.0 Å². The molecule has 0 radical (unpaired) electrons. The van der Waals surface area contributed by atoms with Crippen molar-refractivity contribution < 1.29 is 19.0 Å². The molecule has 0 N–H and O–H groups in total. The van der Waals surface area contributed by atoms with Crippen LogP contribution >= 0.6 is 0 Å². The second-order valence-corrected chi connectivity index (χ2v) is 8.28. The third kappa shape index (κ3) is 16.2. The first kappa shape index (κ1) is 22.6. The average Bonchev–Trinajstić information content (AvgIpc) is 2.41. The van der Waals surface area contributed by atoms with Gasteiger partial charge in [-0.05, 0) is 24.7 Å². The summed E-state index contributed by atoms with van der Waals surface area (Å²) in [6.45, 7) is 16.4. The molecule has 0 aromatic carbocycles. The van der Waals surface area contributed by atoms with Crippen LogP contribution in [0.1, 0.15) is 67.2 Å². The molecular weight excluding hydrogens is 292 g/mol. The van der Waals surface area contributed by atoms with Crippen LogP contribution in [0.2, 0.25) is 0 Å². The van der Waals surface area contributed by atoms with Crippen LogP contribution in [0, 0.1) is 10.8 Å². The zero-order chi connectivity index (χ0) is 17.8. The minimum absolute atomic E-state index is 0.240. The molecule has 0 unspecified atom stereocenters. The first-order valence-electron chi connectivity index (χ1n) is 8.89. The van der Waals surface area contributed by atoms with Gasteiger partial charge < -0.3 is 14.2 Å². The number of hydrogen-bond acceptors (Lipinski definition) is 4. The highest BCUT2D eigenvalue weighted by Crippen LogP contribution is 2.20. The summed E-state index contributed by atoms with van der Waals surface area (Å²) in [5.41, 5.74) is 0.144. The summed E-state index contributed by atoms with van der Waals surface area (Å²) in [6.07, 6.45) is 3.65. The van der Waals surface area contributed by atoms with E-state index in [0.29, 0.717) is 50.7 Å². The first-order valence-corrected chi connectivity index (χ1v) is 8.89. The minimum atomic E-state index is -0.240. The monoisotopic (exact) mass is 330 g/mol. The van der Waals surface area contributed by atoms with Crippen LogP contribution in [0.3, 0.4) is 0 Å². The summed E-state index contributed by atoms with van der Waals surface area (Å²) in [7, 11) is 0. The van der Waals surface area contributed by atoms with Gasteiger partial charge in [0.1, 0.15) is 5.78 Å². The van der Waals surface area contributed by atoms with Gasteiger partial charge in [0.05, 0.1) is 26.4 Å². The van der Waals surface area contributed by atoms with Crippen LogP contribution in [0.4, 0.5) is 0 Å². The lowest BCUT2D eigenvalue weighted by Crippen LogP contribution is -2.20. The Balaban J connectivity index is 3.21. The van der Waals surface area contributed by atoms with Gasteiger partial charge in [-0.3, -0.25) is 4.79 Å². The molecule has 0 bridgehead atoms. The van der Waals surface area contributed by atoms with Gasteiger partial charge in [0.2, 0.25) is 0 Å². The quantitative estimate of drug-likeness (QED) is 0.473. The SMILES string of the molecule is CC(C)(C)CCCOCCOCCOCCCC(=O)C(C)(C)C. The third-order valence-electron chi connectivity index (χ3n) is 3.49. The van der Waals surface area contributed by atoms with E-state index in [-0.39, 0.29) is 5.41 Å². The Morgan fingerprint density at radius 3 is 1.57 bits per heavy atom. The van der Waals surface area contributed by atoms with Crippen molar-refractivity contribution in [2.75, 3.05) is 39.6 Å². The van der Waals surface area contributed by atoms with Gasteiger partial charge in [-0.2, -0.15) is 0 Å². The first-order chi connectivity index (χ1) is 10.6. The molecule has 0 spiro atoms. The van der Waals surface area contributed by atoms with E-state index in [2.05, 4.69) is 20.8 Å². The number of ether oxygens (including phenoxy) is 3. The lowest BCUT2D eigenvalue weighted by Gasteiger charge is -2.17. The predicted molar refractivity (Wildman–Crippen MR) is 94.8 cm³/mol. The van der Waals surface area contributed by atoms with Crippen molar-refractivity contribution in [1.82, 2.24) is 0 Å². The lowest BCUT2D eigenvalue weighted by molar-refractivity contribution is -0.126. The predicted octanol–water partition coefficient (Wildman–Crippen LogP) is 4.26. The van der Waals surface area contributed by atoms with Crippen LogP contribution in [-0.2, 0) is 19.0 Å². The van der Waals surface area contributed by atoms with E-state index in [4.69, 9.17) is 14.2 Å². The molecule has 0 atom stereocenters. The Morgan fingerprint density at radius 2 is 1.13 bits per heavy atom. The Hall–Kier alpha value is -0.450. The van der Waals surface area contributed by atoms with Crippen molar-refractivity contribution in [1.29, 1.82) is 0 Å². The molecule has 4 nitrogen and oxygen atoms in total. The molecule has 0 fully saturated rings. The number of carbonyl (C=O) groups excluding carboxylic acids is 1. The third-order valence-corrected chi connectivity index (χ3v) is 3.49. The van der Waals surface area contributed by atoms with Gasteiger partial charge in [0.15, 0.2) is 0 Å². The second-order valence-electron chi connectivity index (χ2n) is 8.28. The smallest absolute Gasteiger partial charge is 0.138 e. The van der Waals surface area contributed by atoms with Crippen molar-refractivity contribution in [3.8, 4) is 0 Å². The summed E-state index contributed by atoms with van der Waals surface area (Å²) in [6, 6.07) is 0. The van der Waals surface area contributed by atoms with E-state index in [1.165, 1.54) is 6.42 Å². The fourth-order valence-corrected chi connectivity index (χ4v) is 1.96. The molecule has 0 saturated carbocycles. The highest BCUT2D eigenvalue weighted by molar-refractivity contribution is 5.83. The Labute approximate surface area is 143 Å². The summed E-state index contributed by atoms with van der Waals surface area (Å²) < 4.78 is 16.4. The highest BCUT2D eigenvalue weighted by atomic mass is 16.5. The summed E-state index contributed by atoms with van der Waals surface area (Å²) >= 11 is 0. The van der Waals surface area contributed by atoms with E-state index >= 15 is 0 Å². The lowest BCUT2D eigenvalue weighted by atomic mass is 9.88. The largest absolute Gasteiger partial charge is 0.379 e. The van der Waals surface area contributed by atoms with Crippen LogP contribution in [0.25, 0.3) is 0 Å². The van der Waals surface area contributed by atoms with Gasteiger partial charge >= 0.3 is 0 Å². The fourth-order valence-electron chi connectivity index (χ4n) is 1.96. The van der Waals surface area contributed by atoms with E-state index in [9.17, 15) is 4.79 Å². The summed E-state index contributed by atoms with van der Waals surface area (Å²) in [5.74, 6) is 0.293. The van der Waals surface area contributed by atoms with Crippen LogP contribution in [0.5, 0.6) is 0 Å². The maximum atomic E-state index is 11.7. The number of hydrogen-bond donors (Lipinski definition) is 0. The zero-order valence-corrected chi connectivity index (χ0v) is 16.2. The van der Waals surface area contributed by atoms with E-state index in [1.807, 2.05) is 20.8 Å². The summed E-state index contributed by atoms with van der Waals surface area (Å²) in [4.78, 5) is 11.7. The molecule has 0 aromatic heterocycles. The molecular formula is C19H38O4. The van der Waals surface area contributed by atoms with E-state index < -0.39 is 0 Å². The van der Waals surface area contributed by atoms with Crippen molar-refractivity contribution in [2.24, 2.45) is 10.8 Å². The standard InChI is InChI=1S/C19H38O4/c1-18(2,3)10-8-12-22-14-16-23-15-13-21-11-7-9-17(20)19(4,5)6/h7-16H2,1-6H3. The van der Waals surface area contributed by atoms with Crippen LogP contribution in [0.15, 0.2) is 0 Å². The molecule has 138 valence electrons. The highest BCUT2D eigenvalue weighted by Gasteiger charge is 2.19. The molecule has 23 heavy (non-hydrogen) atoms. The van der Waals surface area contributed by atoms with Crippen LogP contribution < -0.4 is 0 Å². The maximum absolute atomic E-state index is 11.7. The maximum Gasteiger partial charge on any atom is 0.138 e. The van der Waals surface area contributed by atoms with Gasteiger partial charge in [-0.25, -0.2) is 0 Å². The fraction of sp³-hybridized carbons (Fsp3) is 0.947. The van der Waals surface area contributed by atoms with Gasteiger partial charge in [0.25, 0.3) is 0 Å². The number of rotatable bonds is 13. The zero-order valence-electron chi connectivity index (χ0n) is 16.2. The number of Topliss-reactive ketones (excluding diaryl/α,β-unsaturated/α-hetero) is 1. The van der Waals surface area contributed by atoms with Crippen molar-refractivity contribution in [3.63, 3.8) is 0 Å². The van der Waals surface area contributed by atoms with Crippen molar-refractivity contribution >= 4 is 5.78 Å². The molecule has 4 heteroatoms. The average molecular weight is 331 g/mol. The Bertz CT molecular complexity index is 299. The Morgan fingerprint density at radius 1 is 0.696 bits per heavy atom. The molecule has 0 aliphatic heterocycles. The van der Waals surface area contributed by atoms with Crippen LogP contribution in [-0.4, -0.2) is 45.4 Å². The van der Waals surface area contributed by atoms with Gasteiger partial charge in [-0.15, -0.1) is 0 Å². The van der Waals surface area contributed by atoms with E-state index in [1.54, 1.807) is 0 Å². The molecule has 0 aliphatic carbocycles. The Kier molecular flexibility index (Phi) is 11.8. The molecule has 0 aliphatic rings. The normalized spacial score (nSPS) is 12.6. The molecule has 0 aromatic rings. The number of carbonyl (C=O) groups is 1. The van der Waals surface area contributed by atoms with Crippen molar-refractivity contribution in [3.05, 3.63) is 0 Å². The molecule has 0 amide bonds. The topological polar surface area (TPSA) is 44.8 Å². The minimum Gasteiger partial charge on any atom is -0.379 e. The number of ketones is 1. The molecule has 0 saturated heterocycles. The molecule has 0 rings (SSSR count). The second kappa shape index (κ2) is 12.0. The molecule has 0 heterocycles. The van der Waals surface area contributed by atoms with Gasteiger partial charge in [-0.1, -0.05) is 41.5 Å². The van der Waals surface area contributed by atoms with Crippen molar-refractivity contribution in [2.45, 2.75) is 67.2 Å². The van der Waals surface area contributed by atoms with E-state index in [0.717, 1.165) is 19.4 Å².